The van der Waals surface area contributed by atoms with Crippen LogP contribution >= 0.6 is 13.6 Å². The Morgan fingerprint density at radius 1 is 1.40 bits per heavy atom. The van der Waals surface area contributed by atoms with Crippen LogP contribution in [0.5, 0.6) is 0 Å². The molecule has 10 heavy (non-hydrogen) atoms. The van der Waals surface area contributed by atoms with E-state index in [0.29, 0.717) is 0 Å². The Morgan fingerprint density at radius 3 is 2.20 bits per heavy atom. The van der Waals surface area contributed by atoms with Crippen molar-refractivity contribution < 1.29 is 16.3 Å². The van der Waals surface area contributed by atoms with Crippen LogP contribution in [0, 0.1) is 6.07 Å². The Labute approximate surface area is 79.1 Å². The average Bonchev–Trinajstić information content (AvgIpc) is 2.10. The SMILES string of the molecule is CCc1cc[c-]cc1.[Zn+][Br]. The summed E-state index contributed by atoms with van der Waals surface area (Å²) in [4.78, 5) is 0. The molecule has 0 spiro atoms. The van der Waals surface area contributed by atoms with E-state index in [1.165, 1.54) is 21.9 Å². The second-order valence-corrected chi connectivity index (χ2v) is 1.76. The fourth-order valence-corrected chi connectivity index (χ4v) is 0.657. The molecule has 0 bridgehead atoms. The number of benzene rings is 1. The van der Waals surface area contributed by atoms with Gasteiger partial charge in [0, 0.05) is 0 Å². The van der Waals surface area contributed by atoms with Crippen LogP contribution in [0.4, 0.5) is 0 Å². The Bertz CT molecular complexity index is 151. The van der Waals surface area contributed by atoms with Gasteiger partial charge in [0.1, 0.15) is 0 Å². The second-order valence-electron chi connectivity index (χ2n) is 1.76. The molecule has 50 valence electrons. The molecule has 1 rings (SSSR count). The number of aryl methyl sites for hydroxylation is 1. The van der Waals surface area contributed by atoms with Gasteiger partial charge in [-0.05, 0) is 0 Å². The van der Waals surface area contributed by atoms with Gasteiger partial charge in [-0.1, -0.05) is 13.3 Å². The summed E-state index contributed by atoms with van der Waals surface area (Å²) in [6, 6.07) is 11.0. The molecule has 0 aliphatic heterocycles. The molecule has 0 aliphatic rings. The number of hydrogen-bond donors (Lipinski definition) is 0. The van der Waals surface area contributed by atoms with Crippen molar-refractivity contribution in [1.29, 1.82) is 0 Å². The number of halogens is 1. The second kappa shape index (κ2) is 7.43. The van der Waals surface area contributed by atoms with Crippen LogP contribution in [0.25, 0.3) is 0 Å². The van der Waals surface area contributed by atoms with Crippen LogP contribution in [0.3, 0.4) is 0 Å². The molecule has 0 nitrogen and oxygen atoms in total. The van der Waals surface area contributed by atoms with Crippen LogP contribution in [0.2, 0.25) is 0 Å². The summed E-state index contributed by atoms with van der Waals surface area (Å²) < 4.78 is 0. The van der Waals surface area contributed by atoms with Crippen LogP contribution in [0.15, 0.2) is 24.3 Å². The first-order valence-electron chi connectivity index (χ1n) is 3.15. The monoisotopic (exact) mass is 248 g/mol. The summed E-state index contributed by atoms with van der Waals surface area (Å²) in [5.41, 5.74) is 1.38. The van der Waals surface area contributed by atoms with Crippen LogP contribution < -0.4 is 0 Å². The van der Waals surface area contributed by atoms with E-state index in [1.807, 2.05) is 12.1 Å². The molecule has 0 amide bonds. The Hall–Kier alpha value is 0.323. The molecule has 0 N–H and O–H groups in total. The van der Waals surface area contributed by atoms with Gasteiger partial charge in [-0.25, -0.2) is 0 Å². The van der Waals surface area contributed by atoms with Gasteiger partial charge in [-0.2, -0.15) is 35.9 Å². The van der Waals surface area contributed by atoms with E-state index in [-0.39, 0.29) is 0 Å². The van der Waals surface area contributed by atoms with E-state index in [2.05, 4.69) is 38.7 Å². The van der Waals surface area contributed by atoms with Gasteiger partial charge >= 0.3 is 30.0 Å². The van der Waals surface area contributed by atoms with Gasteiger partial charge < -0.3 is 0 Å². The van der Waals surface area contributed by atoms with Gasteiger partial charge in [0.2, 0.25) is 0 Å². The molecule has 0 saturated carbocycles. The maximum absolute atomic E-state index is 3.06. The number of hydrogen-bond acceptors (Lipinski definition) is 0. The minimum absolute atomic E-state index is 1.12. The van der Waals surface area contributed by atoms with E-state index in [4.69, 9.17) is 0 Å². The molecule has 0 radical (unpaired) electrons. The zero-order valence-electron chi connectivity index (χ0n) is 6.10. The van der Waals surface area contributed by atoms with Gasteiger partial charge in [-0.15, -0.1) is 0 Å². The van der Waals surface area contributed by atoms with Gasteiger partial charge in [0.05, 0.1) is 0 Å². The number of rotatable bonds is 1. The first-order valence-corrected chi connectivity index (χ1v) is 10.1. The molecule has 0 saturated heterocycles. The van der Waals surface area contributed by atoms with Gasteiger partial charge in [0.25, 0.3) is 0 Å². The zero-order chi connectivity index (χ0) is 7.82. The van der Waals surface area contributed by atoms with E-state index >= 15 is 0 Å². The summed E-state index contributed by atoms with van der Waals surface area (Å²) >= 11 is 4.25. The molecule has 1 aromatic rings. The summed E-state index contributed by atoms with van der Waals surface area (Å²) in [6.07, 6.45) is 1.12. The van der Waals surface area contributed by atoms with E-state index in [1.54, 1.807) is 0 Å². The molecule has 0 heterocycles. The van der Waals surface area contributed by atoms with E-state index < -0.39 is 0 Å². The van der Waals surface area contributed by atoms with Crippen molar-refractivity contribution in [2.24, 2.45) is 0 Å². The van der Waals surface area contributed by atoms with E-state index in [0.717, 1.165) is 6.42 Å². The third kappa shape index (κ3) is 4.19. The summed E-state index contributed by atoms with van der Waals surface area (Å²) in [5.74, 6) is 0. The molecular weight excluding hydrogens is 241 g/mol. The topological polar surface area (TPSA) is 0 Å². The predicted octanol–water partition coefficient (Wildman–Crippen LogP) is 2.89. The molecule has 0 aliphatic carbocycles. The molecule has 1 aromatic carbocycles. The van der Waals surface area contributed by atoms with Crippen molar-refractivity contribution in [3.63, 3.8) is 0 Å². The Balaban J connectivity index is 0.000000371. The van der Waals surface area contributed by atoms with Crippen molar-refractivity contribution in [3.05, 3.63) is 35.9 Å². The quantitative estimate of drug-likeness (QED) is 0.531. The van der Waals surface area contributed by atoms with Gasteiger partial charge in [0.15, 0.2) is 0 Å². The average molecular weight is 250 g/mol. The summed E-state index contributed by atoms with van der Waals surface area (Å²) in [7, 11) is 0. The fraction of sp³-hybridized carbons (Fsp3) is 0.250. The maximum atomic E-state index is 3.06. The zero-order valence-corrected chi connectivity index (χ0v) is 10.7. The van der Waals surface area contributed by atoms with Crippen LogP contribution in [-0.2, 0) is 22.8 Å². The Kier molecular flexibility index (Phi) is 7.67. The molecule has 0 unspecified atom stereocenters. The molecule has 0 aromatic heterocycles. The molecular formula is C8H9BrZn. The molecule has 0 atom stereocenters. The van der Waals surface area contributed by atoms with Crippen molar-refractivity contribution in [2.45, 2.75) is 13.3 Å². The Morgan fingerprint density at radius 2 is 1.90 bits per heavy atom. The first-order chi connectivity index (χ1) is 4.93. The van der Waals surface area contributed by atoms with Crippen molar-refractivity contribution in [3.8, 4) is 0 Å². The van der Waals surface area contributed by atoms with Crippen molar-refractivity contribution in [1.82, 2.24) is 0 Å². The van der Waals surface area contributed by atoms with Crippen molar-refractivity contribution in [2.75, 3.05) is 0 Å². The first kappa shape index (κ1) is 10.3. The fourth-order valence-electron chi connectivity index (χ4n) is 0.657. The molecule has 2 heteroatoms. The van der Waals surface area contributed by atoms with Crippen LogP contribution in [0.1, 0.15) is 12.5 Å². The summed E-state index contributed by atoms with van der Waals surface area (Å²) in [6.45, 7) is 2.15. The van der Waals surface area contributed by atoms with Crippen molar-refractivity contribution >= 4 is 13.6 Å². The van der Waals surface area contributed by atoms with Crippen LogP contribution in [-0.4, -0.2) is 0 Å². The minimum atomic E-state index is 1.12. The third-order valence-corrected chi connectivity index (χ3v) is 1.20. The van der Waals surface area contributed by atoms with E-state index in [9.17, 15) is 0 Å². The molecule has 0 fully saturated rings. The van der Waals surface area contributed by atoms with Gasteiger partial charge in [-0.3, -0.25) is 0 Å². The third-order valence-electron chi connectivity index (χ3n) is 1.20. The standard InChI is InChI=1S/C8H9.BrH.Zn/c1-2-8-6-4-3-5-7-8;;/h4-7H,2H2,1H3;1H;/q-1;;+2/p-1. The normalized spacial score (nSPS) is 8.00. The predicted molar refractivity (Wildman–Crippen MR) is 43.6 cm³/mol. The summed E-state index contributed by atoms with van der Waals surface area (Å²) in [5, 5.41) is 0.